The van der Waals surface area contributed by atoms with Crippen LogP contribution in [0.4, 0.5) is 5.69 Å². The molecule has 1 aromatic carbocycles. The molecule has 124 valence electrons. The van der Waals surface area contributed by atoms with Crippen LogP contribution in [-0.2, 0) is 19.5 Å². The molecule has 0 spiro atoms. The van der Waals surface area contributed by atoms with Crippen molar-refractivity contribution in [3.63, 3.8) is 0 Å². The van der Waals surface area contributed by atoms with E-state index in [9.17, 15) is 4.79 Å². The maximum atomic E-state index is 12.3. The van der Waals surface area contributed by atoms with E-state index in [1.165, 1.54) is 4.68 Å². The molecular formula is C17H23N3O3. The summed E-state index contributed by atoms with van der Waals surface area (Å²) in [7, 11) is 3.22. The van der Waals surface area contributed by atoms with E-state index in [-0.39, 0.29) is 5.56 Å². The Morgan fingerprint density at radius 2 is 1.91 bits per heavy atom. The number of nitrogens with one attached hydrogen (secondary N) is 1. The molecule has 23 heavy (non-hydrogen) atoms. The molecule has 1 heterocycles. The summed E-state index contributed by atoms with van der Waals surface area (Å²) in [6, 6.07) is 5.74. The lowest BCUT2D eigenvalue weighted by Gasteiger charge is -2.13. The van der Waals surface area contributed by atoms with E-state index < -0.39 is 0 Å². The van der Waals surface area contributed by atoms with E-state index in [0.717, 1.165) is 16.8 Å². The number of ether oxygens (including phenoxy) is 2. The summed E-state index contributed by atoms with van der Waals surface area (Å²) in [4.78, 5) is 12.3. The van der Waals surface area contributed by atoms with Gasteiger partial charge in [-0.2, -0.15) is 5.10 Å². The maximum Gasteiger partial charge on any atom is 0.271 e. The minimum Gasteiger partial charge on any atom is -0.493 e. The first-order valence-electron chi connectivity index (χ1n) is 7.68. The molecule has 2 aromatic rings. The fraction of sp³-hybridized carbons (Fsp3) is 0.412. The standard InChI is InChI=1S/C17H23N3O3/c1-5-13-14(11-19-20(6-2)17(13)21)18-10-12-7-8-15(22-3)16(9-12)23-4/h7-9,11,18H,5-6,10H2,1-4H3. The molecule has 0 aliphatic carbocycles. The molecule has 1 N–H and O–H groups in total. The van der Waals surface area contributed by atoms with Gasteiger partial charge in [-0.05, 0) is 31.0 Å². The minimum atomic E-state index is -0.0349. The molecule has 0 unspecified atom stereocenters. The van der Waals surface area contributed by atoms with Crippen LogP contribution >= 0.6 is 0 Å². The SMILES string of the molecule is CCc1c(NCc2ccc(OC)c(OC)c2)cnn(CC)c1=O. The third kappa shape index (κ3) is 3.64. The average Bonchev–Trinajstić information content (AvgIpc) is 2.59. The topological polar surface area (TPSA) is 65.4 Å². The van der Waals surface area contributed by atoms with Crippen LogP contribution in [0.1, 0.15) is 25.0 Å². The Hall–Kier alpha value is -2.50. The van der Waals surface area contributed by atoms with Gasteiger partial charge in [0.2, 0.25) is 0 Å². The van der Waals surface area contributed by atoms with Crippen LogP contribution in [0.25, 0.3) is 0 Å². The van der Waals surface area contributed by atoms with Crippen molar-refractivity contribution in [2.45, 2.75) is 33.4 Å². The number of hydrogen-bond acceptors (Lipinski definition) is 5. The molecule has 0 radical (unpaired) electrons. The second kappa shape index (κ2) is 7.67. The summed E-state index contributed by atoms with van der Waals surface area (Å²) in [5.74, 6) is 1.37. The zero-order valence-corrected chi connectivity index (χ0v) is 14.0. The molecule has 1 aromatic heterocycles. The van der Waals surface area contributed by atoms with Crippen molar-refractivity contribution in [1.82, 2.24) is 9.78 Å². The van der Waals surface area contributed by atoms with Gasteiger partial charge in [0, 0.05) is 18.7 Å². The van der Waals surface area contributed by atoms with Crippen LogP contribution in [0, 0.1) is 0 Å². The van der Waals surface area contributed by atoms with E-state index >= 15 is 0 Å². The molecular weight excluding hydrogens is 294 g/mol. The molecule has 0 fully saturated rings. The average molecular weight is 317 g/mol. The van der Waals surface area contributed by atoms with Crippen LogP contribution in [0.5, 0.6) is 11.5 Å². The van der Waals surface area contributed by atoms with Crippen molar-refractivity contribution < 1.29 is 9.47 Å². The van der Waals surface area contributed by atoms with Gasteiger partial charge < -0.3 is 14.8 Å². The normalized spacial score (nSPS) is 10.4. The molecule has 6 heteroatoms. The zero-order chi connectivity index (χ0) is 16.8. The lowest BCUT2D eigenvalue weighted by Crippen LogP contribution is -2.26. The number of aromatic nitrogens is 2. The quantitative estimate of drug-likeness (QED) is 0.850. The molecule has 0 atom stereocenters. The van der Waals surface area contributed by atoms with Gasteiger partial charge in [-0.1, -0.05) is 13.0 Å². The number of anilines is 1. The molecule has 0 aliphatic heterocycles. The van der Waals surface area contributed by atoms with Gasteiger partial charge in [0.15, 0.2) is 11.5 Å². The van der Waals surface area contributed by atoms with Gasteiger partial charge in [0.1, 0.15) is 0 Å². The van der Waals surface area contributed by atoms with Gasteiger partial charge in [-0.3, -0.25) is 4.79 Å². The van der Waals surface area contributed by atoms with Crippen LogP contribution in [0.3, 0.4) is 0 Å². The smallest absolute Gasteiger partial charge is 0.271 e. The molecule has 0 saturated carbocycles. The highest BCUT2D eigenvalue weighted by atomic mass is 16.5. The minimum absolute atomic E-state index is 0.0349. The highest BCUT2D eigenvalue weighted by Gasteiger charge is 2.10. The lowest BCUT2D eigenvalue weighted by molar-refractivity contribution is 0.354. The van der Waals surface area contributed by atoms with E-state index in [0.29, 0.717) is 31.0 Å². The number of benzene rings is 1. The van der Waals surface area contributed by atoms with Crippen LogP contribution in [-0.4, -0.2) is 24.0 Å². The van der Waals surface area contributed by atoms with E-state index in [1.54, 1.807) is 20.4 Å². The largest absolute Gasteiger partial charge is 0.493 e. The highest BCUT2D eigenvalue weighted by Crippen LogP contribution is 2.27. The monoisotopic (exact) mass is 317 g/mol. The summed E-state index contributed by atoms with van der Waals surface area (Å²) in [5, 5.41) is 7.46. The fourth-order valence-corrected chi connectivity index (χ4v) is 2.44. The van der Waals surface area contributed by atoms with Gasteiger partial charge in [-0.25, -0.2) is 4.68 Å². The number of nitrogens with zero attached hydrogens (tertiary/aromatic N) is 2. The van der Waals surface area contributed by atoms with Crippen molar-refractivity contribution in [1.29, 1.82) is 0 Å². The first-order valence-corrected chi connectivity index (χ1v) is 7.68. The Morgan fingerprint density at radius 3 is 2.52 bits per heavy atom. The van der Waals surface area contributed by atoms with Crippen molar-refractivity contribution >= 4 is 5.69 Å². The van der Waals surface area contributed by atoms with Gasteiger partial charge in [-0.15, -0.1) is 0 Å². The van der Waals surface area contributed by atoms with Crippen LogP contribution < -0.4 is 20.3 Å². The number of rotatable bonds is 7. The first kappa shape index (κ1) is 16.9. The predicted octanol–water partition coefficient (Wildman–Crippen LogP) is 2.45. The molecule has 2 rings (SSSR count). The van der Waals surface area contributed by atoms with Crippen molar-refractivity contribution in [3.8, 4) is 11.5 Å². The second-order valence-electron chi connectivity index (χ2n) is 5.05. The summed E-state index contributed by atoms with van der Waals surface area (Å²) < 4.78 is 12.0. The van der Waals surface area contributed by atoms with Crippen LogP contribution in [0.15, 0.2) is 29.2 Å². The Bertz CT molecular complexity index is 726. The lowest BCUT2D eigenvalue weighted by atomic mass is 10.1. The molecule has 0 saturated heterocycles. The second-order valence-corrected chi connectivity index (χ2v) is 5.05. The summed E-state index contributed by atoms with van der Waals surface area (Å²) >= 11 is 0. The predicted molar refractivity (Wildman–Crippen MR) is 90.4 cm³/mol. The molecule has 6 nitrogen and oxygen atoms in total. The Morgan fingerprint density at radius 1 is 1.17 bits per heavy atom. The van der Waals surface area contributed by atoms with Gasteiger partial charge in [0.25, 0.3) is 5.56 Å². The van der Waals surface area contributed by atoms with Gasteiger partial charge in [0.05, 0.1) is 26.1 Å². The van der Waals surface area contributed by atoms with E-state index in [2.05, 4.69) is 10.4 Å². The third-order valence-corrected chi connectivity index (χ3v) is 3.73. The molecule has 0 aliphatic rings. The number of methoxy groups -OCH3 is 2. The Balaban J connectivity index is 2.21. The summed E-state index contributed by atoms with van der Waals surface area (Å²) in [5.41, 5.74) is 2.52. The van der Waals surface area contributed by atoms with E-state index in [1.807, 2.05) is 32.0 Å². The highest BCUT2D eigenvalue weighted by molar-refractivity contribution is 5.49. The third-order valence-electron chi connectivity index (χ3n) is 3.73. The Labute approximate surface area is 136 Å². The first-order chi connectivity index (χ1) is 11.1. The van der Waals surface area contributed by atoms with Crippen molar-refractivity contribution in [3.05, 3.63) is 45.9 Å². The van der Waals surface area contributed by atoms with Crippen molar-refractivity contribution in [2.24, 2.45) is 0 Å². The Kier molecular flexibility index (Phi) is 5.62. The fourth-order valence-electron chi connectivity index (χ4n) is 2.44. The molecule has 0 bridgehead atoms. The number of hydrogen-bond donors (Lipinski definition) is 1. The number of aryl methyl sites for hydroxylation is 1. The van der Waals surface area contributed by atoms with Crippen LogP contribution in [0.2, 0.25) is 0 Å². The summed E-state index contributed by atoms with van der Waals surface area (Å²) in [6.45, 7) is 5.02. The molecule has 0 amide bonds. The zero-order valence-electron chi connectivity index (χ0n) is 14.0. The van der Waals surface area contributed by atoms with Crippen molar-refractivity contribution in [2.75, 3.05) is 19.5 Å². The van der Waals surface area contributed by atoms with E-state index in [4.69, 9.17) is 9.47 Å². The maximum absolute atomic E-state index is 12.3. The van der Waals surface area contributed by atoms with Gasteiger partial charge >= 0.3 is 0 Å². The summed E-state index contributed by atoms with van der Waals surface area (Å²) in [6.07, 6.45) is 2.38.